The second kappa shape index (κ2) is 7.81. The molecular formula is C17H21FN4OS. The number of nitrogens with zero attached hydrogens (tertiary/aromatic N) is 3. The van der Waals surface area contributed by atoms with Gasteiger partial charge in [0.2, 0.25) is 0 Å². The molecule has 1 atom stereocenters. The highest BCUT2D eigenvalue weighted by Gasteiger charge is 2.22. The van der Waals surface area contributed by atoms with Crippen LogP contribution in [-0.2, 0) is 6.54 Å². The monoisotopic (exact) mass is 348 g/mol. The van der Waals surface area contributed by atoms with Crippen LogP contribution in [0.3, 0.4) is 0 Å². The summed E-state index contributed by atoms with van der Waals surface area (Å²) in [5.74, 6) is 0.130. The zero-order valence-corrected chi connectivity index (χ0v) is 14.5. The molecule has 1 amide bonds. The summed E-state index contributed by atoms with van der Waals surface area (Å²) in [6.45, 7) is 4.87. The smallest absolute Gasteiger partial charge is 0.264 e. The average molecular weight is 348 g/mol. The van der Waals surface area contributed by atoms with Crippen molar-refractivity contribution in [2.45, 2.75) is 26.3 Å². The van der Waals surface area contributed by atoms with E-state index in [9.17, 15) is 9.18 Å². The number of hydrogen-bond acceptors (Lipinski definition) is 5. The fourth-order valence-corrected chi connectivity index (χ4v) is 3.66. The minimum absolute atomic E-state index is 0.103. The number of halogens is 1. The van der Waals surface area contributed by atoms with E-state index in [4.69, 9.17) is 0 Å². The van der Waals surface area contributed by atoms with E-state index in [2.05, 4.69) is 19.8 Å². The molecule has 1 fully saturated rings. The Balaban J connectivity index is 1.51. The Morgan fingerprint density at radius 3 is 3.04 bits per heavy atom. The Kier molecular flexibility index (Phi) is 5.52. The molecule has 2 heterocycles. The lowest BCUT2D eigenvalue weighted by Crippen LogP contribution is -2.40. The number of carbonyl (C=O) groups is 1. The van der Waals surface area contributed by atoms with E-state index in [0.29, 0.717) is 29.6 Å². The van der Waals surface area contributed by atoms with Gasteiger partial charge in [-0.15, -0.1) is 5.10 Å². The topological polar surface area (TPSA) is 58.1 Å². The highest BCUT2D eigenvalue weighted by molar-refractivity contribution is 7.07. The molecule has 3 rings (SSSR count). The molecule has 0 aliphatic carbocycles. The first-order valence-electron chi connectivity index (χ1n) is 8.16. The number of aromatic nitrogens is 2. The number of likely N-dealkylation sites (tertiary alicyclic amines) is 1. The van der Waals surface area contributed by atoms with Crippen molar-refractivity contribution in [2.75, 3.05) is 19.6 Å². The SMILES string of the molecule is Cc1nnsc1C(=O)NC[C@@H]1CCCN(Cc2ccccc2F)C1. The summed E-state index contributed by atoms with van der Waals surface area (Å²) in [4.78, 5) is 15.0. The van der Waals surface area contributed by atoms with Gasteiger partial charge in [0.25, 0.3) is 5.91 Å². The lowest BCUT2D eigenvalue weighted by Gasteiger charge is -2.32. The number of nitrogens with one attached hydrogen (secondary N) is 1. The Bertz CT molecular complexity index is 705. The molecule has 5 nitrogen and oxygen atoms in total. The molecule has 1 aromatic heterocycles. The van der Waals surface area contributed by atoms with Gasteiger partial charge < -0.3 is 5.32 Å². The normalized spacial score (nSPS) is 18.5. The largest absolute Gasteiger partial charge is 0.351 e. The van der Waals surface area contributed by atoms with Crippen LogP contribution in [0.1, 0.15) is 33.8 Å². The molecular weight excluding hydrogens is 327 g/mol. The number of hydrogen-bond donors (Lipinski definition) is 1. The molecule has 1 N–H and O–H groups in total. The quantitative estimate of drug-likeness (QED) is 0.902. The second-order valence-corrected chi connectivity index (χ2v) is 6.99. The van der Waals surface area contributed by atoms with Crippen LogP contribution in [0.25, 0.3) is 0 Å². The molecule has 0 unspecified atom stereocenters. The van der Waals surface area contributed by atoms with Crippen molar-refractivity contribution >= 4 is 17.4 Å². The van der Waals surface area contributed by atoms with Gasteiger partial charge in [0.1, 0.15) is 10.7 Å². The predicted octanol–water partition coefficient (Wildman–Crippen LogP) is 2.63. The van der Waals surface area contributed by atoms with Gasteiger partial charge in [-0.25, -0.2) is 4.39 Å². The molecule has 24 heavy (non-hydrogen) atoms. The van der Waals surface area contributed by atoms with Gasteiger partial charge in [0.15, 0.2) is 0 Å². The van der Waals surface area contributed by atoms with Crippen molar-refractivity contribution < 1.29 is 9.18 Å². The number of amides is 1. The fraction of sp³-hybridized carbons (Fsp3) is 0.471. The Labute approximate surface area is 145 Å². The lowest BCUT2D eigenvalue weighted by atomic mass is 9.97. The highest BCUT2D eigenvalue weighted by Crippen LogP contribution is 2.19. The summed E-state index contributed by atoms with van der Waals surface area (Å²) in [5, 5.41) is 6.85. The van der Waals surface area contributed by atoms with Crippen LogP contribution in [0.2, 0.25) is 0 Å². The highest BCUT2D eigenvalue weighted by atomic mass is 32.1. The molecule has 0 spiro atoms. The lowest BCUT2D eigenvalue weighted by molar-refractivity contribution is 0.0933. The van der Waals surface area contributed by atoms with Crippen LogP contribution >= 0.6 is 11.5 Å². The third kappa shape index (κ3) is 4.15. The molecule has 2 aromatic rings. The molecule has 1 aromatic carbocycles. The summed E-state index contributed by atoms with van der Waals surface area (Å²) in [7, 11) is 0. The summed E-state index contributed by atoms with van der Waals surface area (Å²) in [6, 6.07) is 6.91. The van der Waals surface area contributed by atoms with E-state index in [1.807, 2.05) is 12.1 Å². The molecule has 0 bridgehead atoms. The summed E-state index contributed by atoms with van der Waals surface area (Å²) in [6.07, 6.45) is 2.14. The van der Waals surface area contributed by atoms with Crippen molar-refractivity contribution in [3.05, 3.63) is 46.2 Å². The molecule has 0 radical (unpaired) electrons. The van der Waals surface area contributed by atoms with Gasteiger partial charge in [0.05, 0.1) is 5.69 Å². The number of piperidine rings is 1. The van der Waals surface area contributed by atoms with Crippen LogP contribution in [0.4, 0.5) is 4.39 Å². The van der Waals surface area contributed by atoms with Crippen LogP contribution in [0.5, 0.6) is 0 Å². The van der Waals surface area contributed by atoms with E-state index < -0.39 is 0 Å². The van der Waals surface area contributed by atoms with Crippen molar-refractivity contribution in [1.29, 1.82) is 0 Å². The standard InChI is InChI=1S/C17H21FN4OS/c1-12-16(24-21-20-12)17(23)19-9-13-5-4-8-22(10-13)11-14-6-2-3-7-15(14)18/h2-3,6-7,13H,4-5,8-11H2,1H3,(H,19,23)/t13-/m0/s1. The van der Waals surface area contributed by atoms with Gasteiger partial charge in [-0.1, -0.05) is 22.7 Å². The van der Waals surface area contributed by atoms with E-state index in [0.717, 1.165) is 43.0 Å². The third-order valence-electron chi connectivity index (χ3n) is 4.36. The fourth-order valence-electron chi connectivity index (χ4n) is 3.09. The minimum atomic E-state index is -0.152. The second-order valence-electron chi connectivity index (χ2n) is 6.23. The van der Waals surface area contributed by atoms with Gasteiger partial charge >= 0.3 is 0 Å². The zero-order valence-electron chi connectivity index (χ0n) is 13.7. The van der Waals surface area contributed by atoms with E-state index in [1.165, 1.54) is 6.07 Å². The van der Waals surface area contributed by atoms with E-state index in [-0.39, 0.29) is 11.7 Å². The number of carbonyl (C=O) groups excluding carboxylic acids is 1. The minimum Gasteiger partial charge on any atom is -0.351 e. The van der Waals surface area contributed by atoms with Crippen molar-refractivity contribution in [3.8, 4) is 0 Å². The average Bonchev–Trinajstić information content (AvgIpc) is 3.01. The van der Waals surface area contributed by atoms with E-state index >= 15 is 0 Å². The summed E-state index contributed by atoms with van der Waals surface area (Å²) < 4.78 is 17.6. The maximum Gasteiger partial charge on any atom is 0.264 e. The summed E-state index contributed by atoms with van der Waals surface area (Å²) >= 11 is 1.12. The number of aryl methyl sites for hydroxylation is 1. The Morgan fingerprint density at radius 1 is 1.46 bits per heavy atom. The third-order valence-corrected chi connectivity index (χ3v) is 5.19. The van der Waals surface area contributed by atoms with Crippen LogP contribution in [0.15, 0.2) is 24.3 Å². The van der Waals surface area contributed by atoms with Crippen molar-refractivity contribution in [1.82, 2.24) is 19.8 Å². The molecule has 1 aliphatic rings. The molecule has 7 heteroatoms. The van der Waals surface area contributed by atoms with Crippen LogP contribution in [0, 0.1) is 18.7 Å². The van der Waals surface area contributed by atoms with E-state index in [1.54, 1.807) is 13.0 Å². The Morgan fingerprint density at radius 2 is 2.29 bits per heavy atom. The number of rotatable bonds is 5. The van der Waals surface area contributed by atoms with Crippen molar-refractivity contribution in [3.63, 3.8) is 0 Å². The maximum atomic E-state index is 13.8. The molecule has 0 saturated carbocycles. The predicted molar refractivity (Wildman–Crippen MR) is 91.4 cm³/mol. The van der Waals surface area contributed by atoms with Crippen LogP contribution < -0.4 is 5.32 Å². The molecule has 128 valence electrons. The van der Waals surface area contributed by atoms with Gasteiger partial charge in [0, 0.05) is 25.2 Å². The van der Waals surface area contributed by atoms with Gasteiger partial charge in [-0.05, 0) is 49.8 Å². The Hall–Kier alpha value is -1.86. The first-order valence-corrected chi connectivity index (χ1v) is 8.93. The van der Waals surface area contributed by atoms with Crippen LogP contribution in [-0.4, -0.2) is 40.0 Å². The summed E-state index contributed by atoms with van der Waals surface area (Å²) in [5.41, 5.74) is 1.40. The first-order chi connectivity index (χ1) is 11.6. The maximum absolute atomic E-state index is 13.8. The number of benzene rings is 1. The molecule has 1 saturated heterocycles. The first kappa shape index (κ1) is 17.0. The van der Waals surface area contributed by atoms with Gasteiger partial charge in [-0.3, -0.25) is 9.69 Å². The molecule has 1 aliphatic heterocycles. The van der Waals surface area contributed by atoms with Crippen molar-refractivity contribution in [2.24, 2.45) is 5.92 Å². The zero-order chi connectivity index (χ0) is 16.9. The van der Waals surface area contributed by atoms with Gasteiger partial charge in [-0.2, -0.15) is 0 Å².